The Kier molecular flexibility index (Phi) is 4.31. The van der Waals surface area contributed by atoms with E-state index in [4.69, 9.17) is 0 Å². The average Bonchev–Trinajstić information content (AvgIpc) is 2.45. The van der Waals surface area contributed by atoms with Gasteiger partial charge >= 0.3 is 6.18 Å². The number of carbonyl (C=O) groups is 1. The van der Waals surface area contributed by atoms with Gasteiger partial charge in [-0.1, -0.05) is 29.8 Å². The van der Waals surface area contributed by atoms with E-state index in [1.165, 1.54) is 12.1 Å². The summed E-state index contributed by atoms with van der Waals surface area (Å²) >= 11 is 0. The number of hydrogen-bond acceptors (Lipinski definition) is 1. The van der Waals surface area contributed by atoms with E-state index >= 15 is 0 Å². The first kappa shape index (κ1) is 15.1. The number of hydrogen-bond donors (Lipinski definition) is 1. The van der Waals surface area contributed by atoms with Crippen LogP contribution in [0.15, 0.2) is 48.5 Å². The van der Waals surface area contributed by atoms with Crippen LogP contribution in [0.3, 0.4) is 0 Å². The first-order valence-electron chi connectivity index (χ1n) is 6.37. The Morgan fingerprint density at radius 3 is 2.10 bits per heavy atom. The molecule has 0 heterocycles. The Balaban J connectivity index is 1.99. The Morgan fingerprint density at radius 1 is 1.00 bits per heavy atom. The summed E-state index contributed by atoms with van der Waals surface area (Å²) in [6.07, 6.45) is -4.39. The summed E-state index contributed by atoms with van der Waals surface area (Å²) in [4.78, 5) is 11.9. The topological polar surface area (TPSA) is 29.1 Å². The van der Waals surface area contributed by atoms with Crippen LogP contribution in [-0.4, -0.2) is 5.91 Å². The molecule has 0 fully saturated rings. The molecular weight excluding hydrogens is 279 g/mol. The molecule has 0 atom stereocenters. The van der Waals surface area contributed by atoms with Crippen molar-refractivity contribution in [3.8, 4) is 0 Å². The molecule has 0 saturated heterocycles. The fraction of sp³-hybridized carbons (Fsp3) is 0.188. The highest BCUT2D eigenvalue weighted by atomic mass is 19.4. The maximum Gasteiger partial charge on any atom is 0.416 e. The number of halogens is 3. The number of nitrogens with one attached hydrogen (secondary N) is 1. The molecule has 0 aliphatic carbocycles. The van der Waals surface area contributed by atoms with Gasteiger partial charge in [0.25, 0.3) is 5.91 Å². The fourth-order valence-electron chi connectivity index (χ4n) is 1.80. The quantitative estimate of drug-likeness (QED) is 0.912. The van der Waals surface area contributed by atoms with E-state index in [-0.39, 0.29) is 5.56 Å². The monoisotopic (exact) mass is 293 g/mol. The zero-order chi connectivity index (χ0) is 15.5. The molecule has 0 aliphatic heterocycles. The highest BCUT2D eigenvalue weighted by Crippen LogP contribution is 2.29. The fourth-order valence-corrected chi connectivity index (χ4v) is 1.80. The summed E-state index contributed by atoms with van der Waals surface area (Å²) in [6, 6.07) is 11.8. The van der Waals surface area contributed by atoms with Gasteiger partial charge in [0, 0.05) is 12.1 Å². The Hall–Kier alpha value is -2.30. The van der Waals surface area contributed by atoms with Crippen LogP contribution in [-0.2, 0) is 12.7 Å². The van der Waals surface area contributed by atoms with Crippen molar-refractivity contribution >= 4 is 5.91 Å². The molecule has 2 nitrogen and oxygen atoms in total. The predicted molar refractivity (Wildman–Crippen MR) is 73.8 cm³/mol. The summed E-state index contributed by atoms with van der Waals surface area (Å²) < 4.78 is 37.3. The summed E-state index contributed by atoms with van der Waals surface area (Å²) in [5.41, 5.74) is 1.49. The molecular formula is C16H14F3NO. The van der Waals surface area contributed by atoms with Crippen LogP contribution >= 0.6 is 0 Å². The minimum absolute atomic E-state index is 0.204. The van der Waals surface area contributed by atoms with Gasteiger partial charge in [0.2, 0.25) is 0 Å². The molecule has 0 spiro atoms. The number of carbonyl (C=O) groups excluding carboxylic acids is 1. The van der Waals surface area contributed by atoms with Crippen molar-refractivity contribution in [1.82, 2.24) is 5.32 Å². The zero-order valence-corrected chi connectivity index (χ0v) is 11.4. The van der Waals surface area contributed by atoms with Crippen molar-refractivity contribution in [3.05, 3.63) is 70.8 Å². The Bertz CT molecular complexity index is 615. The average molecular weight is 293 g/mol. The number of alkyl halides is 3. The lowest BCUT2D eigenvalue weighted by molar-refractivity contribution is -0.137. The van der Waals surface area contributed by atoms with Gasteiger partial charge in [-0.3, -0.25) is 4.79 Å². The molecule has 0 unspecified atom stereocenters. The highest BCUT2D eigenvalue weighted by Gasteiger charge is 2.30. The molecule has 2 rings (SSSR count). The number of amides is 1. The van der Waals surface area contributed by atoms with E-state index in [9.17, 15) is 18.0 Å². The molecule has 0 bridgehead atoms. The third-order valence-electron chi connectivity index (χ3n) is 3.05. The maximum absolute atomic E-state index is 12.4. The lowest BCUT2D eigenvalue weighted by atomic mass is 10.1. The zero-order valence-electron chi connectivity index (χ0n) is 11.4. The normalized spacial score (nSPS) is 11.2. The molecule has 0 saturated carbocycles. The minimum Gasteiger partial charge on any atom is -0.348 e. The number of benzene rings is 2. The Morgan fingerprint density at radius 2 is 1.57 bits per heavy atom. The standard InChI is InChI=1S/C16H14F3NO/c1-11-2-4-12(5-3-11)10-20-15(21)13-6-8-14(9-7-13)16(17,18)19/h2-9H,10H2,1H3,(H,20,21). The van der Waals surface area contributed by atoms with Crippen molar-refractivity contribution in [2.24, 2.45) is 0 Å². The third-order valence-corrected chi connectivity index (χ3v) is 3.05. The molecule has 21 heavy (non-hydrogen) atoms. The second-order valence-electron chi connectivity index (χ2n) is 4.74. The molecule has 0 aliphatic rings. The second-order valence-corrected chi connectivity index (χ2v) is 4.74. The van der Waals surface area contributed by atoms with Crippen molar-refractivity contribution in [2.45, 2.75) is 19.6 Å². The van der Waals surface area contributed by atoms with E-state index in [0.717, 1.165) is 23.3 Å². The molecule has 1 N–H and O–H groups in total. The lowest BCUT2D eigenvalue weighted by Crippen LogP contribution is -2.22. The molecule has 110 valence electrons. The third kappa shape index (κ3) is 4.08. The minimum atomic E-state index is -4.39. The van der Waals surface area contributed by atoms with Crippen LogP contribution in [0.5, 0.6) is 0 Å². The van der Waals surface area contributed by atoms with Crippen molar-refractivity contribution < 1.29 is 18.0 Å². The van der Waals surface area contributed by atoms with E-state index in [1.807, 2.05) is 31.2 Å². The van der Waals surface area contributed by atoms with Crippen molar-refractivity contribution in [2.75, 3.05) is 0 Å². The van der Waals surface area contributed by atoms with Gasteiger partial charge < -0.3 is 5.32 Å². The van der Waals surface area contributed by atoms with Crippen LogP contribution < -0.4 is 5.32 Å². The second kappa shape index (κ2) is 5.99. The molecule has 2 aromatic rings. The summed E-state index contributed by atoms with van der Waals surface area (Å²) in [7, 11) is 0. The first-order valence-corrected chi connectivity index (χ1v) is 6.37. The number of rotatable bonds is 3. The predicted octanol–water partition coefficient (Wildman–Crippen LogP) is 3.94. The number of aryl methyl sites for hydroxylation is 1. The largest absolute Gasteiger partial charge is 0.416 e. The molecule has 1 amide bonds. The van der Waals surface area contributed by atoms with Crippen LogP contribution in [0.1, 0.15) is 27.0 Å². The summed E-state index contributed by atoms with van der Waals surface area (Å²) in [6.45, 7) is 2.30. The van der Waals surface area contributed by atoms with E-state index in [2.05, 4.69) is 5.32 Å². The highest BCUT2D eigenvalue weighted by molar-refractivity contribution is 5.94. The lowest BCUT2D eigenvalue weighted by Gasteiger charge is -2.08. The van der Waals surface area contributed by atoms with E-state index < -0.39 is 17.6 Å². The summed E-state index contributed by atoms with van der Waals surface area (Å²) in [5.74, 6) is -0.399. The smallest absolute Gasteiger partial charge is 0.348 e. The van der Waals surface area contributed by atoms with Gasteiger partial charge in [0.1, 0.15) is 0 Å². The van der Waals surface area contributed by atoms with Gasteiger partial charge in [-0.05, 0) is 36.8 Å². The molecule has 0 aromatic heterocycles. The SMILES string of the molecule is Cc1ccc(CNC(=O)c2ccc(C(F)(F)F)cc2)cc1. The summed E-state index contributed by atoms with van der Waals surface area (Å²) in [5, 5.41) is 2.67. The van der Waals surface area contributed by atoms with E-state index in [1.54, 1.807) is 0 Å². The van der Waals surface area contributed by atoms with Crippen LogP contribution in [0.2, 0.25) is 0 Å². The molecule has 0 radical (unpaired) electrons. The van der Waals surface area contributed by atoms with Gasteiger partial charge in [0.15, 0.2) is 0 Å². The molecule has 5 heteroatoms. The van der Waals surface area contributed by atoms with Gasteiger partial charge in [-0.25, -0.2) is 0 Å². The maximum atomic E-state index is 12.4. The van der Waals surface area contributed by atoms with Crippen molar-refractivity contribution in [1.29, 1.82) is 0 Å². The van der Waals surface area contributed by atoms with Gasteiger partial charge in [-0.15, -0.1) is 0 Å². The van der Waals surface area contributed by atoms with Crippen molar-refractivity contribution in [3.63, 3.8) is 0 Å². The van der Waals surface area contributed by atoms with Crippen LogP contribution in [0.4, 0.5) is 13.2 Å². The van der Waals surface area contributed by atoms with E-state index in [0.29, 0.717) is 6.54 Å². The van der Waals surface area contributed by atoms with Crippen LogP contribution in [0, 0.1) is 6.92 Å². The van der Waals surface area contributed by atoms with Gasteiger partial charge in [0.05, 0.1) is 5.56 Å². The first-order chi connectivity index (χ1) is 9.86. The van der Waals surface area contributed by atoms with Gasteiger partial charge in [-0.2, -0.15) is 13.2 Å². The Labute approximate surface area is 120 Å². The van der Waals surface area contributed by atoms with Crippen LogP contribution in [0.25, 0.3) is 0 Å². The molecule has 2 aromatic carbocycles.